The summed E-state index contributed by atoms with van der Waals surface area (Å²) in [6.45, 7) is 3.92. The van der Waals surface area contributed by atoms with Crippen molar-refractivity contribution in [2.75, 3.05) is 13.1 Å². The first-order valence-electron chi connectivity index (χ1n) is 7.78. The largest absolute Gasteiger partial charge is 0.332 e. The van der Waals surface area contributed by atoms with Crippen LogP contribution in [-0.4, -0.2) is 38.7 Å². The van der Waals surface area contributed by atoms with E-state index in [-0.39, 0.29) is 6.04 Å². The van der Waals surface area contributed by atoms with Crippen molar-refractivity contribution in [2.45, 2.75) is 18.9 Å². The van der Waals surface area contributed by atoms with E-state index in [1.54, 1.807) is 6.20 Å². The van der Waals surface area contributed by atoms with Gasteiger partial charge in [-0.15, -0.1) is 0 Å². The molecule has 1 saturated carbocycles. The maximum absolute atomic E-state index is 12.9. The number of halogens is 1. The van der Waals surface area contributed by atoms with Gasteiger partial charge in [-0.3, -0.25) is 4.79 Å². The number of likely N-dealkylation sites (tertiary alicyclic amines) is 1. The number of fused-ring (bicyclic) bond motifs is 1. The lowest BCUT2D eigenvalue weighted by Crippen LogP contribution is -2.51. The molecule has 0 atom stereocenters. The van der Waals surface area contributed by atoms with Gasteiger partial charge in [0.1, 0.15) is 0 Å². The molecule has 2 aromatic rings. The normalized spacial score (nSPS) is 18.6. The van der Waals surface area contributed by atoms with Gasteiger partial charge in [-0.25, -0.2) is 14.1 Å². The monoisotopic (exact) mass is 312 g/mol. The summed E-state index contributed by atoms with van der Waals surface area (Å²) in [7, 11) is 0. The number of carbonyl (C=O) groups excluding carboxylic acids is 1. The van der Waals surface area contributed by atoms with Crippen LogP contribution in [0.4, 0.5) is 4.39 Å². The first-order valence-corrected chi connectivity index (χ1v) is 7.78. The van der Waals surface area contributed by atoms with Crippen LogP contribution in [0.25, 0.3) is 17.1 Å². The van der Waals surface area contributed by atoms with Crippen LogP contribution in [0.3, 0.4) is 0 Å². The lowest BCUT2D eigenvalue weighted by molar-refractivity contribution is -0.134. The summed E-state index contributed by atoms with van der Waals surface area (Å²) in [6.07, 6.45) is 8.49. The summed E-state index contributed by atoms with van der Waals surface area (Å²) in [5, 5.41) is 5.67. The molecule has 0 spiro atoms. The number of allylic oxidation sites excluding steroid dienone is 1. The number of amides is 1. The van der Waals surface area contributed by atoms with E-state index in [2.05, 4.69) is 28.8 Å². The SMILES string of the molecule is C=C(F)C(=O)N1CC(n2nc(C=CC3CC3)c3cccnc32)C1. The molecular weight excluding hydrogens is 295 g/mol. The molecule has 5 nitrogen and oxygen atoms in total. The van der Waals surface area contributed by atoms with E-state index < -0.39 is 11.7 Å². The number of hydrogen-bond donors (Lipinski definition) is 0. The predicted octanol–water partition coefficient (Wildman–Crippen LogP) is 2.72. The highest BCUT2D eigenvalue weighted by Crippen LogP contribution is 2.32. The maximum atomic E-state index is 12.9. The van der Waals surface area contributed by atoms with E-state index in [0.717, 1.165) is 16.7 Å². The molecule has 1 aliphatic heterocycles. The molecule has 2 fully saturated rings. The fourth-order valence-corrected chi connectivity index (χ4v) is 2.84. The Morgan fingerprint density at radius 2 is 2.17 bits per heavy atom. The van der Waals surface area contributed by atoms with Gasteiger partial charge in [0.25, 0.3) is 5.91 Å². The van der Waals surface area contributed by atoms with Gasteiger partial charge in [0, 0.05) is 24.7 Å². The van der Waals surface area contributed by atoms with Crippen LogP contribution in [0.5, 0.6) is 0 Å². The Balaban J connectivity index is 1.61. The minimum Gasteiger partial charge on any atom is -0.332 e. The topological polar surface area (TPSA) is 51.0 Å². The van der Waals surface area contributed by atoms with Gasteiger partial charge in [0.05, 0.1) is 11.7 Å². The Kier molecular flexibility index (Phi) is 3.25. The Morgan fingerprint density at radius 1 is 1.39 bits per heavy atom. The number of aromatic nitrogens is 3. The average molecular weight is 312 g/mol. The molecule has 0 N–H and O–H groups in total. The number of nitrogens with zero attached hydrogens (tertiary/aromatic N) is 4. The minimum absolute atomic E-state index is 0.0266. The second-order valence-corrected chi connectivity index (χ2v) is 6.17. The van der Waals surface area contributed by atoms with Crippen LogP contribution in [0.15, 0.2) is 36.8 Å². The van der Waals surface area contributed by atoms with Crippen LogP contribution in [0.2, 0.25) is 0 Å². The quantitative estimate of drug-likeness (QED) is 0.816. The van der Waals surface area contributed by atoms with E-state index in [0.29, 0.717) is 19.0 Å². The smallest absolute Gasteiger partial charge is 0.282 e. The van der Waals surface area contributed by atoms with Crippen LogP contribution in [0.1, 0.15) is 24.6 Å². The molecule has 2 aromatic heterocycles. The van der Waals surface area contributed by atoms with Crippen LogP contribution in [-0.2, 0) is 4.79 Å². The lowest BCUT2D eigenvalue weighted by atomic mass is 10.1. The highest BCUT2D eigenvalue weighted by atomic mass is 19.1. The van der Waals surface area contributed by atoms with Gasteiger partial charge in [0.2, 0.25) is 0 Å². The standard InChI is InChI=1S/C17H17FN4O/c1-11(18)17(23)21-9-13(10-21)22-16-14(3-2-8-19-16)15(20-22)7-6-12-4-5-12/h2-3,6-8,12-13H,1,4-5,9-10H2. The second-order valence-electron chi connectivity index (χ2n) is 6.17. The predicted molar refractivity (Wildman–Crippen MR) is 85.2 cm³/mol. The number of hydrogen-bond acceptors (Lipinski definition) is 3. The molecule has 2 aliphatic rings. The fourth-order valence-electron chi connectivity index (χ4n) is 2.84. The highest BCUT2D eigenvalue weighted by molar-refractivity contribution is 5.91. The fraction of sp³-hybridized carbons (Fsp3) is 0.353. The second kappa shape index (κ2) is 5.30. The van der Waals surface area contributed by atoms with E-state index in [1.165, 1.54) is 17.7 Å². The van der Waals surface area contributed by atoms with Crippen LogP contribution in [0, 0.1) is 5.92 Å². The van der Waals surface area contributed by atoms with Gasteiger partial charge < -0.3 is 4.90 Å². The van der Waals surface area contributed by atoms with Crippen molar-refractivity contribution in [3.8, 4) is 0 Å². The minimum atomic E-state index is -0.917. The van der Waals surface area contributed by atoms with E-state index in [9.17, 15) is 9.18 Å². The van der Waals surface area contributed by atoms with Crippen LogP contribution < -0.4 is 0 Å². The Morgan fingerprint density at radius 3 is 2.87 bits per heavy atom. The van der Waals surface area contributed by atoms with Crippen LogP contribution >= 0.6 is 0 Å². The van der Waals surface area contributed by atoms with Crippen molar-refractivity contribution in [3.05, 3.63) is 42.5 Å². The van der Waals surface area contributed by atoms with Gasteiger partial charge in [0.15, 0.2) is 11.5 Å². The van der Waals surface area contributed by atoms with E-state index in [1.807, 2.05) is 16.8 Å². The van der Waals surface area contributed by atoms with Gasteiger partial charge >= 0.3 is 0 Å². The molecular formula is C17H17FN4O. The average Bonchev–Trinajstić information content (AvgIpc) is 3.26. The van der Waals surface area contributed by atoms with E-state index in [4.69, 9.17) is 0 Å². The third kappa shape index (κ3) is 2.54. The molecule has 4 rings (SSSR count). The Labute approximate surface area is 133 Å². The molecule has 118 valence electrons. The summed E-state index contributed by atoms with van der Waals surface area (Å²) < 4.78 is 14.8. The lowest BCUT2D eigenvalue weighted by Gasteiger charge is -2.38. The molecule has 6 heteroatoms. The van der Waals surface area contributed by atoms with Crippen molar-refractivity contribution >= 4 is 23.0 Å². The third-order valence-electron chi connectivity index (χ3n) is 4.37. The first-order chi connectivity index (χ1) is 11.1. The molecule has 23 heavy (non-hydrogen) atoms. The summed E-state index contributed by atoms with van der Waals surface area (Å²) in [5.74, 6) is -0.876. The van der Waals surface area contributed by atoms with Crippen molar-refractivity contribution in [2.24, 2.45) is 5.92 Å². The molecule has 1 saturated heterocycles. The molecule has 1 amide bonds. The van der Waals surface area contributed by atoms with Crippen molar-refractivity contribution in [1.82, 2.24) is 19.7 Å². The number of rotatable bonds is 4. The van der Waals surface area contributed by atoms with E-state index >= 15 is 0 Å². The molecule has 0 aromatic carbocycles. The Bertz CT molecular complexity index is 815. The summed E-state index contributed by atoms with van der Waals surface area (Å²) in [6, 6.07) is 3.93. The molecule has 3 heterocycles. The summed E-state index contributed by atoms with van der Waals surface area (Å²) >= 11 is 0. The molecule has 0 radical (unpaired) electrons. The summed E-state index contributed by atoms with van der Waals surface area (Å²) in [4.78, 5) is 17.4. The molecule has 0 unspecified atom stereocenters. The highest BCUT2D eigenvalue weighted by Gasteiger charge is 2.35. The zero-order valence-electron chi connectivity index (χ0n) is 12.7. The zero-order valence-corrected chi connectivity index (χ0v) is 12.7. The first kappa shape index (κ1) is 14.1. The van der Waals surface area contributed by atoms with Crippen molar-refractivity contribution < 1.29 is 9.18 Å². The number of carbonyl (C=O) groups is 1. The van der Waals surface area contributed by atoms with Gasteiger partial charge in [-0.2, -0.15) is 5.10 Å². The third-order valence-corrected chi connectivity index (χ3v) is 4.37. The molecule has 1 aliphatic carbocycles. The maximum Gasteiger partial charge on any atom is 0.282 e. The number of pyridine rings is 1. The van der Waals surface area contributed by atoms with Crippen molar-refractivity contribution in [3.63, 3.8) is 0 Å². The Hall–Kier alpha value is -2.50. The van der Waals surface area contributed by atoms with Crippen molar-refractivity contribution in [1.29, 1.82) is 0 Å². The summed E-state index contributed by atoms with van der Waals surface area (Å²) in [5.41, 5.74) is 1.71. The van der Waals surface area contributed by atoms with Gasteiger partial charge in [-0.05, 0) is 37.0 Å². The zero-order chi connectivity index (χ0) is 16.0. The van der Waals surface area contributed by atoms with Gasteiger partial charge in [-0.1, -0.05) is 12.7 Å². The molecule has 0 bridgehead atoms.